The lowest BCUT2D eigenvalue weighted by atomic mass is 9.95. The van der Waals surface area contributed by atoms with Crippen molar-refractivity contribution in [2.75, 3.05) is 10.6 Å². The van der Waals surface area contributed by atoms with Crippen LogP contribution in [-0.4, -0.2) is 0 Å². The molecule has 0 bridgehead atoms. The fraction of sp³-hybridized carbons (Fsp3) is 0.0952. The van der Waals surface area contributed by atoms with Crippen LogP contribution in [0.15, 0.2) is 146 Å². The van der Waals surface area contributed by atoms with Crippen LogP contribution in [0.5, 0.6) is 0 Å². The zero-order valence-electron chi connectivity index (χ0n) is 25.3. The highest BCUT2D eigenvalue weighted by Gasteiger charge is 2.17. The summed E-state index contributed by atoms with van der Waals surface area (Å²) in [7, 11) is 0. The highest BCUT2D eigenvalue weighted by atomic mass is 14.9. The largest absolute Gasteiger partial charge is 0.354 e. The van der Waals surface area contributed by atoms with Crippen LogP contribution >= 0.6 is 0 Å². The Morgan fingerprint density at radius 1 is 0.386 bits per heavy atom. The second-order valence-corrected chi connectivity index (χ2v) is 11.3. The number of hydrogen-bond donors (Lipinski definition) is 2. The van der Waals surface area contributed by atoms with Crippen molar-refractivity contribution in [3.8, 4) is 22.3 Å². The van der Waals surface area contributed by atoms with Gasteiger partial charge in [-0.3, -0.25) is 0 Å². The van der Waals surface area contributed by atoms with Gasteiger partial charge in [0.25, 0.3) is 0 Å². The average Bonchev–Trinajstić information content (AvgIpc) is 3.10. The maximum Gasteiger partial charge on any atom is 0.0545 e. The Hall–Kier alpha value is -5.34. The van der Waals surface area contributed by atoms with Crippen LogP contribution in [0, 0.1) is 0 Å². The molecular formula is C42H36N2. The predicted molar refractivity (Wildman–Crippen MR) is 191 cm³/mol. The molecule has 0 aliphatic heterocycles. The van der Waals surface area contributed by atoms with E-state index in [4.69, 9.17) is 0 Å². The van der Waals surface area contributed by atoms with Crippen molar-refractivity contribution < 1.29 is 0 Å². The molecule has 0 fully saturated rings. The van der Waals surface area contributed by atoms with E-state index in [-0.39, 0.29) is 0 Å². The van der Waals surface area contributed by atoms with E-state index in [1.54, 1.807) is 0 Å². The minimum atomic E-state index is 0.997. The van der Waals surface area contributed by atoms with Gasteiger partial charge in [0.15, 0.2) is 0 Å². The molecule has 0 heterocycles. The predicted octanol–water partition coefficient (Wildman–Crippen LogP) is 11.9. The Balaban J connectivity index is 1.42. The molecule has 7 aromatic rings. The van der Waals surface area contributed by atoms with Crippen molar-refractivity contribution in [1.29, 1.82) is 0 Å². The SMILES string of the molecule is CCc1ccc(Nc2c3ccccc3c(Nc3ccc(CC)cc3-c3ccccc3)c3ccccc23)c(-c2ccccc2)c1. The number of fused-ring (bicyclic) bond motifs is 2. The van der Waals surface area contributed by atoms with Crippen LogP contribution in [0.4, 0.5) is 22.7 Å². The van der Waals surface area contributed by atoms with Gasteiger partial charge >= 0.3 is 0 Å². The molecular weight excluding hydrogens is 532 g/mol. The van der Waals surface area contributed by atoms with Gasteiger partial charge in [0, 0.05) is 44.0 Å². The molecule has 44 heavy (non-hydrogen) atoms. The summed E-state index contributed by atoms with van der Waals surface area (Å²) >= 11 is 0. The Bertz CT molecular complexity index is 1870. The van der Waals surface area contributed by atoms with E-state index in [1.165, 1.54) is 54.9 Å². The Labute approximate surface area is 260 Å². The molecule has 0 saturated carbocycles. The van der Waals surface area contributed by atoms with Gasteiger partial charge in [-0.1, -0.05) is 135 Å². The summed E-state index contributed by atoms with van der Waals surface area (Å²) in [5, 5.41) is 12.6. The molecule has 0 saturated heterocycles. The summed E-state index contributed by atoms with van der Waals surface area (Å²) in [6, 6.07) is 52.4. The lowest BCUT2D eigenvalue weighted by Crippen LogP contribution is -2.01. The maximum absolute atomic E-state index is 3.92. The Morgan fingerprint density at radius 3 is 1.07 bits per heavy atom. The second-order valence-electron chi connectivity index (χ2n) is 11.3. The van der Waals surface area contributed by atoms with E-state index in [1.807, 2.05) is 0 Å². The van der Waals surface area contributed by atoms with Crippen LogP contribution in [0.25, 0.3) is 43.8 Å². The van der Waals surface area contributed by atoms with Gasteiger partial charge in [-0.15, -0.1) is 0 Å². The molecule has 0 atom stereocenters. The van der Waals surface area contributed by atoms with Gasteiger partial charge in [-0.05, 0) is 59.4 Å². The zero-order chi connectivity index (χ0) is 29.9. The molecule has 214 valence electrons. The molecule has 7 rings (SSSR count). The normalized spacial score (nSPS) is 11.1. The first kappa shape index (κ1) is 27.5. The number of benzene rings is 7. The average molecular weight is 569 g/mol. The third-order valence-electron chi connectivity index (χ3n) is 8.60. The smallest absolute Gasteiger partial charge is 0.0545 e. The number of anilines is 4. The first-order valence-electron chi connectivity index (χ1n) is 15.6. The van der Waals surface area contributed by atoms with Crippen LogP contribution < -0.4 is 10.6 Å². The molecule has 0 aliphatic carbocycles. The monoisotopic (exact) mass is 568 g/mol. The van der Waals surface area contributed by atoms with Crippen LogP contribution in [0.2, 0.25) is 0 Å². The van der Waals surface area contributed by atoms with Crippen molar-refractivity contribution in [1.82, 2.24) is 0 Å². The van der Waals surface area contributed by atoms with Crippen molar-refractivity contribution >= 4 is 44.3 Å². The number of aryl methyl sites for hydroxylation is 2. The Morgan fingerprint density at radius 2 is 0.727 bits per heavy atom. The fourth-order valence-electron chi connectivity index (χ4n) is 6.22. The minimum absolute atomic E-state index is 0.997. The summed E-state index contributed by atoms with van der Waals surface area (Å²) in [5.41, 5.74) is 11.9. The quantitative estimate of drug-likeness (QED) is 0.141. The van der Waals surface area contributed by atoms with E-state index in [9.17, 15) is 0 Å². The number of nitrogens with one attached hydrogen (secondary N) is 2. The van der Waals surface area contributed by atoms with Crippen molar-refractivity contribution in [3.63, 3.8) is 0 Å². The van der Waals surface area contributed by atoms with Gasteiger partial charge in [0.2, 0.25) is 0 Å². The standard InChI is InChI=1S/C42H36N2/c1-3-29-23-25-39(37(27-29)31-15-7-5-8-16-31)43-41-33-19-11-13-21-35(33)42(36-22-14-12-20-34(36)41)44-40-26-24-30(4-2)28-38(40)32-17-9-6-10-18-32/h5-28,43-44H,3-4H2,1-2H3. The van der Waals surface area contributed by atoms with E-state index >= 15 is 0 Å². The van der Waals surface area contributed by atoms with Gasteiger partial charge in [-0.2, -0.15) is 0 Å². The van der Waals surface area contributed by atoms with E-state index in [2.05, 4.69) is 170 Å². The van der Waals surface area contributed by atoms with Crippen molar-refractivity contribution in [3.05, 3.63) is 157 Å². The molecule has 0 aliphatic rings. The molecule has 0 amide bonds. The summed E-state index contributed by atoms with van der Waals surface area (Å²) in [4.78, 5) is 0. The topological polar surface area (TPSA) is 24.1 Å². The molecule has 0 spiro atoms. The highest BCUT2D eigenvalue weighted by Crippen LogP contribution is 2.44. The first-order chi connectivity index (χ1) is 21.7. The third-order valence-corrected chi connectivity index (χ3v) is 8.60. The third kappa shape index (κ3) is 5.20. The van der Waals surface area contributed by atoms with Gasteiger partial charge in [0.05, 0.1) is 11.4 Å². The molecule has 2 heteroatoms. The lowest BCUT2D eigenvalue weighted by Gasteiger charge is -2.22. The molecule has 7 aromatic carbocycles. The molecule has 2 N–H and O–H groups in total. The van der Waals surface area contributed by atoms with Gasteiger partial charge in [-0.25, -0.2) is 0 Å². The molecule has 2 nitrogen and oxygen atoms in total. The molecule has 0 unspecified atom stereocenters. The maximum atomic E-state index is 3.92. The van der Waals surface area contributed by atoms with Crippen LogP contribution in [-0.2, 0) is 12.8 Å². The lowest BCUT2D eigenvalue weighted by molar-refractivity contribution is 1.14. The van der Waals surface area contributed by atoms with Gasteiger partial charge < -0.3 is 10.6 Å². The number of rotatable bonds is 8. The van der Waals surface area contributed by atoms with Crippen molar-refractivity contribution in [2.45, 2.75) is 26.7 Å². The summed E-state index contributed by atoms with van der Waals surface area (Å²) in [6.45, 7) is 4.42. The highest BCUT2D eigenvalue weighted by molar-refractivity contribution is 6.21. The van der Waals surface area contributed by atoms with E-state index in [0.717, 1.165) is 35.6 Å². The summed E-state index contributed by atoms with van der Waals surface area (Å²) in [6.07, 6.45) is 1.99. The minimum Gasteiger partial charge on any atom is -0.354 e. The van der Waals surface area contributed by atoms with Gasteiger partial charge in [0.1, 0.15) is 0 Å². The van der Waals surface area contributed by atoms with E-state index in [0.29, 0.717) is 0 Å². The van der Waals surface area contributed by atoms with E-state index < -0.39 is 0 Å². The first-order valence-corrected chi connectivity index (χ1v) is 15.6. The molecule has 0 radical (unpaired) electrons. The fourth-order valence-corrected chi connectivity index (χ4v) is 6.22. The van der Waals surface area contributed by atoms with Crippen LogP contribution in [0.3, 0.4) is 0 Å². The van der Waals surface area contributed by atoms with Crippen molar-refractivity contribution in [2.24, 2.45) is 0 Å². The van der Waals surface area contributed by atoms with Crippen LogP contribution in [0.1, 0.15) is 25.0 Å². The summed E-state index contributed by atoms with van der Waals surface area (Å²) < 4.78 is 0. The summed E-state index contributed by atoms with van der Waals surface area (Å²) in [5.74, 6) is 0. The number of hydrogen-bond acceptors (Lipinski definition) is 2. The second kappa shape index (κ2) is 12.1. The zero-order valence-corrected chi connectivity index (χ0v) is 25.3. The molecule has 0 aromatic heterocycles. The Kier molecular flexibility index (Phi) is 7.56.